The molecular formula is C19H14ClN5OS. The van der Waals surface area contributed by atoms with Crippen molar-refractivity contribution in [1.82, 2.24) is 9.97 Å². The van der Waals surface area contributed by atoms with Gasteiger partial charge in [0.15, 0.2) is 11.8 Å². The van der Waals surface area contributed by atoms with E-state index in [-0.39, 0.29) is 11.7 Å². The molecule has 1 atom stereocenters. The van der Waals surface area contributed by atoms with Crippen molar-refractivity contribution >= 4 is 40.8 Å². The summed E-state index contributed by atoms with van der Waals surface area (Å²) in [6.45, 7) is 0. The van der Waals surface area contributed by atoms with Crippen molar-refractivity contribution in [1.29, 1.82) is 0 Å². The van der Waals surface area contributed by atoms with Crippen LogP contribution in [0.3, 0.4) is 0 Å². The van der Waals surface area contributed by atoms with Crippen LogP contribution in [0.2, 0.25) is 5.02 Å². The molecule has 0 amide bonds. The van der Waals surface area contributed by atoms with Crippen LogP contribution in [0, 0.1) is 0 Å². The van der Waals surface area contributed by atoms with Crippen molar-refractivity contribution in [3.05, 3.63) is 64.8 Å². The Morgan fingerprint density at radius 1 is 1.07 bits per heavy atom. The number of rotatable bonds is 3. The van der Waals surface area contributed by atoms with Crippen LogP contribution in [0.15, 0.2) is 63.7 Å². The van der Waals surface area contributed by atoms with E-state index in [0.717, 1.165) is 10.5 Å². The minimum Gasteiger partial charge on any atom is -0.368 e. The van der Waals surface area contributed by atoms with Crippen molar-refractivity contribution in [2.24, 2.45) is 10.2 Å². The molecule has 0 saturated heterocycles. The molecule has 0 aliphatic carbocycles. The quantitative estimate of drug-likeness (QED) is 0.621. The van der Waals surface area contributed by atoms with Gasteiger partial charge in [-0.1, -0.05) is 23.7 Å². The van der Waals surface area contributed by atoms with E-state index in [0.29, 0.717) is 27.7 Å². The number of ketones is 1. The number of fused-ring (bicyclic) bond motifs is 1. The fourth-order valence-electron chi connectivity index (χ4n) is 2.84. The van der Waals surface area contributed by atoms with E-state index in [2.05, 4.69) is 20.2 Å². The Balaban J connectivity index is 1.74. The highest BCUT2D eigenvalue weighted by molar-refractivity contribution is 7.98. The zero-order valence-corrected chi connectivity index (χ0v) is 15.8. The SMILES string of the molecule is CSc1ccc(-c2cc(C3N=Nc4ccc(Cl)cc4C3=O)nc(N)n2)cc1. The molecule has 27 heavy (non-hydrogen) atoms. The second-order valence-corrected chi connectivity index (χ2v) is 7.22. The van der Waals surface area contributed by atoms with Gasteiger partial charge < -0.3 is 5.73 Å². The van der Waals surface area contributed by atoms with Gasteiger partial charge in [0.1, 0.15) is 0 Å². The van der Waals surface area contributed by atoms with Gasteiger partial charge in [-0.15, -0.1) is 11.8 Å². The summed E-state index contributed by atoms with van der Waals surface area (Å²) in [7, 11) is 0. The van der Waals surface area contributed by atoms with Crippen molar-refractivity contribution in [3.63, 3.8) is 0 Å². The maximum absolute atomic E-state index is 12.9. The molecular weight excluding hydrogens is 382 g/mol. The maximum Gasteiger partial charge on any atom is 0.220 e. The Hall–Kier alpha value is -2.77. The lowest BCUT2D eigenvalue weighted by Crippen LogP contribution is -2.16. The summed E-state index contributed by atoms with van der Waals surface area (Å²) in [5.74, 6) is -0.138. The van der Waals surface area contributed by atoms with Gasteiger partial charge in [0.2, 0.25) is 5.95 Å². The molecule has 2 aromatic carbocycles. The smallest absolute Gasteiger partial charge is 0.220 e. The zero-order chi connectivity index (χ0) is 19.0. The van der Waals surface area contributed by atoms with E-state index < -0.39 is 6.04 Å². The number of azo groups is 1. The minimum absolute atomic E-state index is 0.0799. The van der Waals surface area contributed by atoms with Gasteiger partial charge in [0.05, 0.1) is 17.1 Å². The van der Waals surface area contributed by atoms with E-state index in [1.54, 1.807) is 36.0 Å². The number of aromatic nitrogens is 2. The number of hydrogen-bond donors (Lipinski definition) is 1. The molecule has 0 spiro atoms. The number of nitrogens with two attached hydrogens (primary N) is 1. The summed E-state index contributed by atoms with van der Waals surface area (Å²) < 4.78 is 0. The molecule has 1 aliphatic rings. The molecule has 2 N–H and O–H groups in total. The van der Waals surface area contributed by atoms with Gasteiger partial charge in [-0.2, -0.15) is 10.2 Å². The summed E-state index contributed by atoms with van der Waals surface area (Å²) in [6.07, 6.45) is 2.01. The third-order valence-corrected chi connectivity index (χ3v) is 5.16. The largest absolute Gasteiger partial charge is 0.368 e. The van der Waals surface area contributed by atoms with Crippen LogP contribution in [0.25, 0.3) is 11.3 Å². The number of thioether (sulfide) groups is 1. The number of nitrogens with zero attached hydrogens (tertiary/aromatic N) is 4. The molecule has 8 heteroatoms. The zero-order valence-electron chi connectivity index (χ0n) is 14.3. The lowest BCUT2D eigenvalue weighted by Gasteiger charge is -2.17. The number of nitrogen functional groups attached to an aromatic ring is 1. The van der Waals surface area contributed by atoms with Gasteiger partial charge in [-0.25, -0.2) is 9.97 Å². The highest BCUT2D eigenvalue weighted by Crippen LogP contribution is 2.36. The van der Waals surface area contributed by atoms with Gasteiger partial charge in [-0.05, 0) is 42.7 Å². The number of Topliss-reactive ketones (excluding diaryl/α,β-unsaturated/α-hetero) is 1. The first kappa shape index (κ1) is 17.6. The monoisotopic (exact) mass is 395 g/mol. The average molecular weight is 396 g/mol. The van der Waals surface area contributed by atoms with Crippen LogP contribution in [-0.2, 0) is 0 Å². The van der Waals surface area contributed by atoms with Crippen LogP contribution in [-0.4, -0.2) is 22.0 Å². The Kier molecular flexibility index (Phi) is 4.63. The highest BCUT2D eigenvalue weighted by atomic mass is 35.5. The fraction of sp³-hybridized carbons (Fsp3) is 0.105. The number of hydrogen-bond acceptors (Lipinski definition) is 7. The predicted octanol–water partition coefficient (Wildman–Crippen LogP) is 5.12. The van der Waals surface area contributed by atoms with Crippen molar-refractivity contribution in [3.8, 4) is 11.3 Å². The molecule has 0 radical (unpaired) electrons. The van der Waals surface area contributed by atoms with Crippen LogP contribution in [0.1, 0.15) is 22.1 Å². The molecule has 2 heterocycles. The number of anilines is 1. The topological polar surface area (TPSA) is 93.6 Å². The minimum atomic E-state index is -0.870. The van der Waals surface area contributed by atoms with Gasteiger partial charge in [0, 0.05) is 21.0 Å². The normalized spacial score (nSPS) is 15.6. The summed E-state index contributed by atoms with van der Waals surface area (Å²) >= 11 is 7.68. The first-order valence-corrected chi connectivity index (χ1v) is 9.69. The van der Waals surface area contributed by atoms with E-state index >= 15 is 0 Å². The third kappa shape index (κ3) is 3.43. The van der Waals surface area contributed by atoms with Crippen molar-refractivity contribution in [2.75, 3.05) is 12.0 Å². The second kappa shape index (κ2) is 7.09. The van der Waals surface area contributed by atoms with Gasteiger partial charge >= 0.3 is 0 Å². The van der Waals surface area contributed by atoms with E-state index in [4.69, 9.17) is 17.3 Å². The molecule has 4 rings (SSSR count). The first-order chi connectivity index (χ1) is 13.0. The van der Waals surface area contributed by atoms with Crippen molar-refractivity contribution < 1.29 is 4.79 Å². The Morgan fingerprint density at radius 2 is 1.85 bits per heavy atom. The standard InChI is InChI=1S/C19H14ClN5OS/c1-27-12-5-2-10(3-6-12)15-9-16(23-19(21)22-15)17-18(26)13-8-11(20)4-7-14(13)24-25-17/h2-9,17H,1H3,(H2,21,22,23). The third-order valence-electron chi connectivity index (χ3n) is 4.18. The van der Waals surface area contributed by atoms with Gasteiger partial charge in [-0.3, -0.25) is 4.79 Å². The molecule has 3 aromatic rings. The Labute approximate surface area is 164 Å². The van der Waals surface area contributed by atoms with Crippen LogP contribution < -0.4 is 5.73 Å². The number of benzene rings is 2. The lowest BCUT2D eigenvalue weighted by molar-refractivity contribution is 0.0954. The Bertz CT molecular complexity index is 1070. The van der Waals surface area contributed by atoms with E-state index in [1.807, 2.05) is 30.5 Å². The summed E-state index contributed by atoms with van der Waals surface area (Å²) in [4.78, 5) is 22.6. The fourth-order valence-corrected chi connectivity index (χ4v) is 3.42. The molecule has 1 aliphatic heterocycles. The lowest BCUT2D eigenvalue weighted by atomic mass is 9.98. The molecule has 134 valence electrons. The number of carbonyl (C=O) groups excluding carboxylic acids is 1. The first-order valence-electron chi connectivity index (χ1n) is 8.08. The maximum atomic E-state index is 12.9. The summed E-state index contributed by atoms with van der Waals surface area (Å²) in [6, 6.07) is 13.7. The molecule has 0 fully saturated rings. The second-order valence-electron chi connectivity index (χ2n) is 5.91. The average Bonchev–Trinajstić information content (AvgIpc) is 2.68. The molecule has 6 nitrogen and oxygen atoms in total. The summed E-state index contributed by atoms with van der Waals surface area (Å²) in [5.41, 5.74) is 8.73. The van der Waals surface area contributed by atoms with Crippen LogP contribution in [0.4, 0.5) is 11.6 Å². The molecule has 0 saturated carbocycles. The van der Waals surface area contributed by atoms with Crippen molar-refractivity contribution in [2.45, 2.75) is 10.9 Å². The summed E-state index contributed by atoms with van der Waals surface area (Å²) in [5, 5.41) is 8.74. The highest BCUT2D eigenvalue weighted by Gasteiger charge is 2.30. The number of halogens is 1. The molecule has 0 bridgehead atoms. The Morgan fingerprint density at radius 3 is 2.59 bits per heavy atom. The predicted molar refractivity (Wildman–Crippen MR) is 107 cm³/mol. The molecule has 1 unspecified atom stereocenters. The van der Waals surface area contributed by atoms with Gasteiger partial charge in [0.25, 0.3) is 0 Å². The molecule has 1 aromatic heterocycles. The van der Waals surface area contributed by atoms with Crippen LogP contribution >= 0.6 is 23.4 Å². The van der Waals surface area contributed by atoms with Crippen LogP contribution in [0.5, 0.6) is 0 Å². The van der Waals surface area contributed by atoms with E-state index in [1.165, 1.54) is 0 Å². The van der Waals surface area contributed by atoms with E-state index in [9.17, 15) is 4.79 Å². The number of carbonyl (C=O) groups is 1.